The minimum absolute atomic E-state index is 0.227. The first-order valence-electron chi connectivity index (χ1n) is 7.71. The number of piperidine rings is 1. The van der Waals surface area contributed by atoms with Crippen molar-refractivity contribution in [3.63, 3.8) is 0 Å². The number of amides is 1. The first kappa shape index (κ1) is 12.0. The maximum Gasteiger partial charge on any atom is 0.254 e. The van der Waals surface area contributed by atoms with Crippen molar-refractivity contribution in [2.75, 3.05) is 6.54 Å². The van der Waals surface area contributed by atoms with E-state index >= 15 is 0 Å². The monoisotopic (exact) mass is 268 g/mol. The average Bonchev–Trinajstić information content (AvgIpc) is 3.13. The third-order valence-corrected chi connectivity index (χ3v) is 5.05. The number of rotatable bonds is 1. The van der Waals surface area contributed by atoms with Gasteiger partial charge in [-0.2, -0.15) is 0 Å². The second kappa shape index (κ2) is 4.65. The van der Waals surface area contributed by atoms with Crippen molar-refractivity contribution in [2.45, 2.75) is 38.1 Å². The van der Waals surface area contributed by atoms with Crippen molar-refractivity contribution in [1.82, 2.24) is 9.88 Å². The molecule has 20 heavy (non-hydrogen) atoms. The number of H-pyrrole nitrogens is 1. The van der Waals surface area contributed by atoms with Crippen LogP contribution in [0.25, 0.3) is 10.9 Å². The van der Waals surface area contributed by atoms with Crippen LogP contribution in [0.15, 0.2) is 30.5 Å². The normalized spacial score (nSPS) is 25.9. The summed E-state index contributed by atoms with van der Waals surface area (Å²) in [5.41, 5.74) is 1.93. The number of nitrogens with zero attached hydrogens (tertiary/aromatic N) is 1. The summed E-state index contributed by atoms with van der Waals surface area (Å²) in [5, 5.41) is 1.12. The van der Waals surface area contributed by atoms with Crippen LogP contribution in [0.4, 0.5) is 0 Å². The zero-order valence-corrected chi connectivity index (χ0v) is 11.6. The van der Waals surface area contributed by atoms with Crippen LogP contribution >= 0.6 is 0 Å². The minimum Gasteiger partial charge on any atom is -0.361 e. The molecule has 2 unspecified atom stereocenters. The van der Waals surface area contributed by atoms with E-state index in [1.807, 2.05) is 30.5 Å². The summed E-state index contributed by atoms with van der Waals surface area (Å²) in [5.74, 6) is 0.980. The number of fused-ring (bicyclic) bond motifs is 2. The summed E-state index contributed by atoms with van der Waals surface area (Å²) in [6.45, 7) is 0.936. The Labute approximate surface area is 119 Å². The van der Waals surface area contributed by atoms with Gasteiger partial charge < -0.3 is 9.88 Å². The predicted molar refractivity (Wildman–Crippen MR) is 79.7 cm³/mol. The van der Waals surface area contributed by atoms with Gasteiger partial charge in [-0.25, -0.2) is 0 Å². The largest absolute Gasteiger partial charge is 0.361 e. The van der Waals surface area contributed by atoms with Crippen LogP contribution in [0.3, 0.4) is 0 Å². The first-order valence-corrected chi connectivity index (χ1v) is 7.71. The molecule has 2 fully saturated rings. The van der Waals surface area contributed by atoms with Gasteiger partial charge in [0, 0.05) is 35.2 Å². The third kappa shape index (κ3) is 1.84. The highest BCUT2D eigenvalue weighted by Gasteiger charge is 2.37. The van der Waals surface area contributed by atoms with Gasteiger partial charge in [0.05, 0.1) is 0 Å². The molecule has 2 atom stereocenters. The standard InChI is InChI=1S/C17H20N2O/c20-17(14-6-7-15-13(11-14)8-9-18-15)19-10-2-4-12-3-1-5-16(12)19/h6-9,11-12,16,18H,1-5,10H2. The van der Waals surface area contributed by atoms with E-state index in [1.165, 1.54) is 32.1 Å². The number of nitrogens with one attached hydrogen (secondary N) is 1. The van der Waals surface area contributed by atoms with Gasteiger partial charge in [0.2, 0.25) is 0 Å². The van der Waals surface area contributed by atoms with Gasteiger partial charge >= 0.3 is 0 Å². The zero-order chi connectivity index (χ0) is 13.5. The molecule has 0 bridgehead atoms. The maximum atomic E-state index is 12.8. The summed E-state index contributed by atoms with van der Waals surface area (Å²) >= 11 is 0. The molecule has 104 valence electrons. The molecule has 1 saturated heterocycles. The van der Waals surface area contributed by atoms with E-state index in [4.69, 9.17) is 0 Å². The Bertz CT molecular complexity index is 645. The van der Waals surface area contributed by atoms with E-state index < -0.39 is 0 Å². The van der Waals surface area contributed by atoms with Crippen molar-refractivity contribution in [2.24, 2.45) is 5.92 Å². The summed E-state index contributed by atoms with van der Waals surface area (Å²) in [6.07, 6.45) is 8.20. The van der Waals surface area contributed by atoms with E-state index in [0.29, 0.717) is 6.04 Å². The third-order valence-electron chi connectivity index (χ3n) is 5.05. The fraction of sp³-hybridized carbons (Fsp3) is 0.471. The Hall–Kier alpha value is -1.77. The topological polar surface area (TPSA) is 36.1 Å². The first-order chi connectivity index (χ1) is 9.83. The van der Waals surface area contributed by atoms with Crippen LogP contribution in [0.5, 0.6) is 0 Å². The van der Waals surface area contributed by atoms with E-state index in [1.54, 1.807) is 0 Å². The van der Waals surface area contributed by atoms with Gasteiger partial charge in [-0.1, -0.05) is 6.42 Å². The minimum atomic E-state index is 0.227. The fourth-order valence-electron chi connectivity index (χ4n) is 4.06. The molecule has 0 radical (unpaired) electrons. The van der Waals surface area contributed by atoms with Gasteiger partial charge in [-0.05, 0) is 55.9 Å². The molecule has 2 aromatic rings. The van der Waals surface area contributed by atoms with Crippen LogP contribution in [0, 0.1) is 5.92 Å². The van der Waals surface area contributed by atoms with Crippen LogP contribution in [-0.4, -0.2) is 28.4 Å². The number of hydrogen-bond acceptors (Lipinski definition) is 1. The Kier molecular flexibility index (Phi) is 2.79. The van der Waals surface area contributed by atoms with Crippen LogP contribution in [-0.2, 0) is 0 Å². The lowest BCUT2D eigenvalue weighted by atomic mass is 9.91. The lowest BCUT2D eigenvalue weighted by Crippen LogP contribution is -2.46. The molecule has 1 aliphatic carbocycles. The SMILES string of the molecule is O=C(c1ccc2[nH]ccc2c1)N1CCCC2CCCC21. The number of carbonyl (C=O) groups is 1. The van der Waals surface area contributed by atoms with Crippen LogP contribution in [0.2, 0.25) is 0 Å². The molecular weight excluding hydrogens is 248 g/mol. The predicted octanol–water partition coefficient (Wildman–Crippen LogP) is 3.57. The highest BCUT2D eigenvalue weighted by molar-refractivity contribution is 5.98. The number of benzene rings is 1. The zero-order valence-electron chi connectivity index (χ0n) is 11.6. The number of aromatic amines is 1. The molecule has 1 amide bonds. The maximum absolute atomic E-state index is 12.8. The summed E-state index contributed by atoms with van der Waals surface area (Å²) in [4.78, 5) is 18.1. The Balaban J connectivity index is 1.65. The van der Waals surface area contributed by atoms with Crippen molar-refractivity contribution in [1.29, 1.82) is 0 Å². The Morgan fingerprint density at radius 2 is 2.05 bits per heavy atom. The molecule has 0 spiro atoms. The van der Waals surface area contributed by atoms with Crippen LogP contribution in [0.1, 0.15) is 42.5 Å². The number of carbonyl (C=O) groups excluding carboxylic acids is 1. The molecule has 1 aromatic carbocycles. The molecule has 4 rings (SSSR count). The van der Waals surface area contributed by atoms with Gasteiger partial charge in [0.1, 0.15) is 0 Å². The van der Waals surface area contributed by atoms with Crippen LogP contribution < -0.4 is 0 Å². The van der Waals surface area contributed by atoms with Gasteiger partial charge in [-0.3, -0.25) is 4.79 Å². The summed E-state index contributed by atoms with van der Waals surface area (Å²) in [6, 6.07) is 8.52. The molecular formula is C17H20N2O. The quantitative estimate of drug-likeness (QED) is 0.843. The molecule has 1 saturated carbocycles. The molecule has 2 heterocycles. The lowest BCUT2D eigenvalue weighted by Gasteiger charge is -2.37. The molecule has 2 aliphatic rings. The molecule has 1 N–H and O–H groups in total. The van der Waals surface area contributed by atoms with Crippen molar-refractivity contribution in [3.8, 4) is 0 Å². The van der Waals surface area contributed by atoms with Crippen molar-refractivity contribution < 1.29 is 4.79 Å². The number of hydrogen-bond donors (Lipinski definition) is 1. The molecule has 1 aliphatic heterocycles. The van der Waals surface area contributed by atoms with Gasteiger partial charge in [0.15, 0.2) is 0 Å². The summed E-state index contributed by atoms with van der Waals surface area (Å²) in [7, 11) is 0. The highest BCUT2D eigenvalue weighted by Crippen LogP contribution is 2.37. The smallest absolute Gasteiger partial charge is 0.254 e. The molecule has 3 nitrogen and oxygen atoms in total. The van der Waals surface area contributed by atoms with E-state index in [2.05, 4.69) is 9.88 Å². The van der Waals surface area contributed by atoms with Crippen molar-refractivity contribution >= 4 is 16.8 Å². The van der Waals surface area contributed by atoms with E-state index in [9.17, 15) is 4.79 Å². The number of aromatic nitrogens is 1. The highest BCUT2D eigenvalue weighted by atomic mass is 16.2. The van der Waals surface area contributed by atoms with Crippen molar-refractivity contribution in [3.05, 3.63) is 36.0 Å². The van der Waals surface area contributed by atoms with Gasteiger partial charge in [0.25, 0.3) is 5.91 Å². The fourth-order valence-corrected chi connectivity index (χ4v) is 4.06. The summed E-state index contributed by atoms with van der Waals surface area (Å²) < 4.78 is 0. The number of likely N-dealkylation sites (tertiary alicyclic amines) is 1. The second-order valence-corrected chi connectivity index (χ2v) is 6.18. The second-order valence-electron chi connectivity index (χ2n) is 6.18. The Morgan fingerprint density at radius 3 is 3.00 bits per heavy atom. The van der Waals surface area contributed by atoms with E-state index in [-0.39, 0.29) is 5.91 Å². The lowest BCUT2D eigenvalue weighted by molar-refractivity contribution is 0.0548. The Morgan fingerprint density at radius 1 is 1.15 bits per heavy atom. The van der Waals surface area contributed by atoms with Gasteiger partial charge in [-0.15, -0.1) is 0 Å². The molecule has 1 aromatic heterocycles. The molecule has 3 heteroatoms. The van der Waals surface area contributed by atoms with E-state index in [0.717, 1.165) is 28.9 Å². The average molecular weight is 268 g/mol.